The number of rotatable bonds is 2. The molecule has 0 saturated carbocycles. The molecule has 0 atom stereocenters. The molecule has 6 nitrogen and oxygen atoms in total. The van der Waals surface area contributed by atoms with Crippen molar-refractivity contribution in [2.24, 2.45) is 5.14 Å². The summed E-state index contributed by atoms with van der Waals surface area (Å²) in [4.78, 5) is 0. The fourth-order valence-corrected chi connectivity index (χ4v) is 2.90. The van der Waals surface area contributed by atoms with E-state index in [0.29, 0.717) is 10.0 Å². The van der Waals surface area contributed by atoms with Crippen LogP contribution in [0, 0.1) is 5.82 Å². The molecule has 0 saturated heterocycles. The number of halogens is 2. The quantitative estimate of drug-likeness (QED) is 0.869. The lowest BCUT2D eigenvalue weighted by molar-refractivity contribution is 0.366. The molecule has 0 fully saturated rings. The summed E-state index contributed by atoms with van der Waals surface area (Å²) in [7, 11) is -4.04. The molecule has 0 bridgehead atoms. The van der Waals surface area contributed by atoms with Gasteiger partial charge in [-0.25, -0.2) is 17.9 Å². The fourth-order valence-electron chi connectivity index (χ4n) is 1.88. The molecule has 0 spiro atoms. The monoisotopic (exact) mass is 376 g/mol. The highest BCUT2D eigenvalue weighted by molar-refractivity contribution is 9.10. The van der Waals surface area contributed by atoms with Crippen LogP contribution in [0.4, 0.5) is 4.39 Å². The van der Waals surface area contributed by atoms with Gasteiger partial charge in [0.1, 0.15) is 5.82 Å². The second-order valence-corrected chi connectivity index (χ2v) is 7.80. The van der Waals surface area contributed by atoms with Crippen LogP contribution < -0.4 is 5.14 Å². The van der Waals surface area contributed by atoms with Crippen LogP contribution in [-0.2, 0) is 15.6 Å². The summed E-state index contributed by atoms with van der Waals surface area (Å²) in [5, 5.41) is 12.3. The van der Waals surface area contributed by atoms with Crippen LogP contribution in [0.25, 0.3) is 11.4 Å². The van der Waals surface area contributed by atoms with Gasteiger partial charge in [-0.3, -0.25) is 4.57 Å². The first-order valence-electron chi connectivity index (χ1n) is 5.96. The lowest BCUT2D eigenvalue weighted by atomic mass is 10.1. The van der Waals surface area contributed by atoms with Crippen LogP contribution in [-0.4, -0.2) is 23.2 Å². The van der Waals surface area contributed by atoms with E-state index in [2.05, 4.69) is 26.1 Å². The van der Waals surface area contributed by atoms with E-state index in [1.54, 1.807) is 26.8 Å². The number of nitrogens with zero attached hydrogens (tertiary/aromatic N) is 3. The molecule has 0 aliphatic rings. The summed E-state index contributed by atoms with van der Waals surface area (Å²) in [6, 6.07) is 4.39. The van der Waals surface area contributed by atoms with Crippen molar-refractivity contribution >= 4 is 26.0 Å². The molecule has 0 amide bonds. The lowest BCUT2D eigenvalue weighted by Crippen LogP contribution is -2.29. The first-order valence-corrected chi connectivity index (χ1v) is 8.30. The molecule has 2 rings (SSSR count). The highest BCUT2D eigenvalue weighted by Crippen LogP contribution is 2.29. The Morgan fingerprint density at radius 3 is 2.38 bits per heavy atom. The molecule has 1 aromatic carbocycles. The molecule has 9 heteroatoms. The van der Waals surface area contributed by atoms with Crippen molar-refractivity contribution < 1.29 is 12.8 Å². The smallest absolute Gasteiger partial charge is 0.273 e. The van der Waals surface area contributed by atoms with Gasteiger partial charge in [0.2, 0.25) is 0 Å². The molecule has 21 heavy (non-hydrogen) atoms. The number of hydrogen-bond donors (Lipinski definition) is 1. The zero-order valence-corrected chi connectivity index (χ0v) is 14.0. The SMILES string of the molecule is CC(C)(C)n1c(-c2ccc(Br)c(F)c2)nnc1S(N)(=O)=O. The van der Waals surface area contributed by atoms with Crippen LogP contribution in [0.3, 0.4) is 0 Å². The predicted octanol–water partition coefficient (Wildman–Crippen LogP) is 2.25. The maximum Gasteiger partial charge on any atom is 0.273 e. The standard InChI is InChI=1S/C12H14BrFN4O2S/c1-12(2,3)18-10(16-17-11(18)21(15,19)20)7-4-5-8(13)9(14)6-7/h4-6H,1-3H3,(H2,15,19,20). The van der Waals surface area contributed by atoms with Crippen LogP contribution in [0.5, 0.6) is 0 Å². The molecule has 2 N–H and O–H groups in total. The third kappa shape index (κ3) is 3.14. The summed E-state index contributed by atoms with van der Waals surface area (Å²) in [5.41, 5.74) is -0.238. The highest BCUT2D eigenvalue weighted by atomic mass is 79.9. The Hall–Kier alpha value is -1.32. The number of benzene rings is 1. The van der Waals surface area contributed by atoms with E-state index in [9.17, 15) is 12.8 Å². The van der Waals surface area contributed by atoms with Crippen molar-refractivity contribution in [1.29, 1.82) is 0 Å². The van der Waals surface area contributed by atoms with Crippen molar-refractivity contribution in [2.45, 2.75) is 31.5 Å². The first kappa shape index (κ1) is 16.1. The van der Waals surface area contributed by atoms with E-state index in [-0.39, 0.29) is 11.0 Å². The zero-order chi connectivity index (χ0) is 16.0. The van der Waals surface area contributed by atoms with E-state index < -0.39 is 21.4 Å². The van der Waals surface area contributed by atoms with Crippen molar-refractivity contribution in [3.63, 3.8) is 0 Å². The Labute approximate surface area is 130 Å². The molecule has 1 aromatic heterocycles. The van der Waals surface area contributed by atoms with Crippen molar-refractivity contribution in [3.05, 3.63) is 28.5 Å². The number of aromatic nitrogens is 3. The van der Waals surface area contributed by atoms with Crippen molar-refractivity contribution in [1.82, 2.24) is 14.8 Å². The van der Waals surface area contributed by atoms with Gasteiger partial charge in [0.25, 0.3) is 15.2 Å². The van der Waals surface area contributed by atoms with Crippen LogP contribution >= 0.6 is 15.9 Å². The van der Waals surface area contributed by atoms with E-state index in [1.165, 1.54) is 16.7 Å². The third-order valence-corrected chi connectivity index (χ3v) is 4.15. The Bertz CT molecular complexity index is 796. The maximum atomic E-state index is 13.7. The van der Waals surface area contributed by atoms with Gasteiger partial charge in [-0.15, -0.1) is 10.2 Å². The Kier molecular flexibility index (Phi) is 3.94. The molecule has 0 aliphatic heterocycles. The minimum Gasteiger partial charge on any atom is -0.291 e. The van der Waals surface area contributed by atoms with Crippen molar-refractivity contribution in [3.8, 4) is 11.4 Å². The largest absolute Gasteiger partial charge is 0.291 e. The van der Waals surface area contributed by atoms with E-state index in [1.807, 2.05) is 0 Å². The third-order valence-electron chi connectivity index (χ3n) is 2.74. The molecule has 0 radical (unpaired) electrons. The number of primary sulfonamides is 1. The van der Waals surface area contributed by atoms with Gasteiger partial charge in [-0.05, 0) is 54.9 Å². The summed E-state index contributed by atoms with van der Waals surface area (Å²) in [6.07, 6.45) is 0. The second kappa shape index (κ2) is 5.15. The minimum absolute atomic E-state index is 0.234. The molecular weight excluding hydrogens is 363 g/mol. The highest BCUT2D eigenvalue weighted by Gasteiger charge is 2.29. The average Bonchev–Trinajstić information content (AvgIpc) is 2.76. The summed E-state index contributed by atoms with van der Waals surface area (Å²) in [5.74, 6) is -0.244. The van der Waals surface area contributed by atoms with Gasteiger partial charge in [-0.1, -0.05) is 0 Å². The van der Waals surface area contributed by atoms with E-state index in [0.717, 1.165) is 0 Å². The number of hydrogen-bond acceptors (Lipinski definition) is 4. The number of sulfonamides is 1. The van der Waals surface area contributed by atoms with Gasteiger partial charge in [0.05, 0.1) is 4.47 Å². The zero-order valence-electron chi connectivity index (χ0n) is 11.6. The minimum atomic E-state index is -4.04. The summed E-state index contributed by atoms with van der Waals surface area (Å²) < 4.78 is 38.6. The van der Waals surface area contributed by atoms with Gasteiger partial charge in [-0.2, -0.15) is 0 Å². The lowest BCUT2D eigenvalue weighted by Gasteiger charge is -2.24. The molecule has 0 unspecified atom stereocenters. The van der Waals surface area contributed by atoms with Crippen LogP contribution in [0.1, 0.15) is 20.8 Å². The second-order valence-electron chi connectivity index (χ2n) is 5.49. The molecule has 1 heterocycles. The predicted molar refractivity (Wildman–Crippen MR) is 79.5 cm³/mol. The molecule has 114 valence electrons. The van der Waals surface area contributed by atoms with E-state index >= 15 is 0 Å². The Morgan fingerprint density at radius 1 is 1.29 bits per heavy atom. The average molecular weight is 377 g/mol. The molecule has 2 aromatic rings. The molecular formula is C12H14BrFN4O2S. The van der Waals surface area contributed by atoms with Crippen molar-refractivity contribution in [2.75, 3.05) is 0 Å². The first-order chi connectivity index (χ1) is 9.51. The maximum absolute atomic E-state index is 13.7. The topological polar surface area (TPSA) is 90.9 Å². The van der Waals surface area contributed by atoms with Gasteiger partial charge in [0, 0.05) is 11.1 Å². The summed E-state index contributed by atoms with van der Waals surface area (Å²) in [6.45, 7) is 5.34. The fraction of sp³-hybridized carbons (Fsp3) is 0.333. The van der Waals surface area contributed by atoms with Gasteiger partial charge >= 0.3 is 0 Å². The summed E-state index contributed by atoms with van der Waals surface area (Å²) >= 11 is 3.06. The van der Waals surface area contributed by atoms with E-state index in [4.69, 9.17) is 5.14 Å². The van der Waals surface area contributed by atoms with Crippen LogP contribution in [0.2, 0.25) is 0 Å². The van der Waals surface area contributed by atoms with Crippen LogP contribution in [0.15, 0.2) is 27.8 Å². The van der Waals surface area contributed by atoms with Gasteiger partial charge < -0.3 is 0 Å². The Balaban J connectivity index is 2.76. The Morgan fingerprint density at radius 2 is 1.90 bits per heavy atom. The number of nitrogens with two attached hydrogens (primary N) is 1. The van der Waals surface area contributed by atoms with Gasteiger partial charge in [0.15, 0.2) is 5.82 Å². The molecule has 0 aliphatic carbocycles. The normalized spacial score (nSPS) is 12.7.